The van der Waals surface area contributed by atoms with E-state index in [1.54, 1.807) is 12.5 Å². The van der Waals surface area contributed by atoms with Gasteiger partial charge in [-0.05, 0) is 6.07 Å². The molecule has 0 aliphatic heterocycles. The number of hydrogen-bond acceptors (Lipinski definition) is 2. The lowest BCUT2D eigenvalue weighted by Gasteiger charge is -1.97. The van der Waals surface area contributed by atoms with Crippen LogP contribution < -0.4 is 5.32 Å². The molecule has 0 bridgehead atoms. The minimum atomic E-state index is -0.0220. The molecule has 0 aliphatic rings. The molecule has 0 aliphatic carbocycles. The SMILES string of the molecule is O=C(CBr)NCc1ccoc1. The smallest absolute Gasteiger partial charge is 0.230 e. The largest absolute Gasteiger partial charge is 0.472 e. The van der Waals surface area contributed by atoms with Crippen LogP contribution in [-0.4, -0.2) is 11.2 Å². The number of nitrogens with one attached hydrogen (secondary N) is 1. The molecular weight excluding hydrogens is 210 g/mol. The molecule has 1 N–H and O–H groups in total. The molecule has 1 aromatic heterocycles. The van der Waals surface area contributed by atoms with Crippen LogP contribution in [0.2, 0.25) is 0 Å². The fourth-order valence-electron chi connectivity index (χ4n) is 0.641. The number of carbonyl (C=O) groups excluding carboxylic acids is 1. The summed E-state index contributed by atoms with van der Waals surface area (Å²) in [5.74, 6) is -0.0220. The summed E-state index contributed by atoms with van der Waals surface area (Å²) in [6.45, 7) is 0.529. The second-order valence-corrected chi connectivity index (χ2v) is 2.60. The summed E-state index contributed by atoms with van der Waals surface area (Å²) < 4.78 is 4.82. The molecule has 60 valence electrons. The van der Waals surface area contributed by atoms with Gasteiger partial charge in [0.05, 0.1) is 17.9 Å². The molecule has 0 saturated carbocycles. The standard InChI is InChI=1S/C7H8BrNO2/c8-3-7(10)9-4-6-1-2-11-5-6/h1-2,5H,3-4H2,(H,9,10). The summed E-state index contributed by atoms with van der Waals surface area (Å²) in [6.07, 6.45) is 3.18. The van der Waals surface area contributed by atoms with Crippen LogP contribution in [-0.2, 0) is 11.3 Å². The quantitative estimate of drug-likeness (QED) is 0.776. The number of halogens is 1. The van der Waals surface area contributed by atoms with Gasteiger partial charge >= 0.3 is 0 Å². The molecule has 0 atom stereocenters. The molecule has 4 heteroatoms. The van der Waals surface area contributed by atoms with Gasteiger partial charge in [-0.1, -0.05) is 15.9 Å². The number of furan rings is 1. The third kappa shape index (κ3) is 2.76. The van der Waals surface area contributed by atoms with Gasteiger partial charge in [-0.3, -0.25) is 4.79 Å². The van der Waals surface area contributed by atoms with Crippen LogP contribution in [0.5, 0.6) is 0 Å². The fourth-order valence-corrected chi connectivity index (χ4v) is 0.839. The minimum absolute atomic E-state index is 0.0220. The van der Waals surface area contributed by atoms with Crippen molar-refractivity contribution in [2.45, 2.75) is 6.54 Å². The van der Waals surface area contributed by atoms with Crippen LogP contribution in [0.1, 0.15) is 5.56 Å². The number of carbonyl (C=O) groups is 1. The molecule has 1 amide bonds. The zero-order valence-electron chi connectivity index (χ0n) is 5.84. The molecule has 1 heterocycles. The second-order valence-electron chi connectivity index (χ2n) is 2.04. The van der Waals surface area contributed by atoms with Crippen molar-refractivity contribution in [2.24, 2.45) is 0 Å². The van der Waals surface area contributed by atoms with Crippen LogP contribution in [0, 0.1) is 0 Å². The Morgan fingerprint density at radius 1 is 1.73 bits per heavy atom. The van der Waals surface area contributed by atoms with Crippen molar-refractivity contribution in [1.82, 2.24) is 5.32 Å². The molecule has 0 aromatic carbocycles. The van der Waals surface area contributed by atoms with Crippen LogP contribution >= 0.6 is 15.9 Å². The van der Waals surface area contributed by atoms with Crippen molar-refractivity contribution in [2.75, 3.05) is 5.33 Å². The van der Waals surface area contributed by atoms with E-state index < -0.39 is 0 Å². The normalized spacial score (nSPS) is 9.55. The summed E-state index contributed by atoms with van der Waals surface area (Å²) in [5.41, 5.74) is 0.972. The van der Waals surface area contributed by atoms with E-state index in [-0.39, 0.29) is 5.91 Å². The third-order valence-corrected chi connectivity index (χ3v) is 1.70. The Hall–Kier alpha value is -0.770. The highest BCUT2D eigenvalue weighted by Gasteiger charge is 1.97. The van der Waals surface area contributed by atoms with Crippen molar-refractivity contribution >= 4 is 21.8 Å². The van der Waals surface area contributed by atoms with Gasteiger partial charge in [-0.15, -0.1) is 0 Å². The Bertz CT molecular complexity index is 220. The molecule has 3 nitrogen and oxygen atoms in total. The van der Waals surface area contributed by atoms with Gasteiger partial charge in [0, 0.05) is 12.1 Å². The Morgan fingerprint density at radius 2 is 2.55 bits per heavy atom. The zero-order valence-corrected chi connectivity index (χ0v) is 7.43. The van der Waals surface area contributed by atoms with Crippen LogP contribution in [0.25, 0.3) is 0 Å². The van der Waals surface area contributed by atoms with E-state index in [1.165, 1.54) is 0 Å². The van der Waals surface area contributed by atoms with Gasteiger partial charge < -0.3 is 9.73 Å². The first-order chi connectivity index (χ1) is 5.33. The highest BCUT2D eigenvalue weighted by Crippen LogP contribution is 1.98. The maximum Gasteiger partial charge on any atom is 0.230 e. The maximum atomic E-state index is 10.7. The first-order valence-electron chi connectivity index (χ1n) is 3.16. The monoisotopic (exact) mass is 217 g/mol. The summed E-state index contributed by atoms with van der Waals surface area (Å²) in [5, 5.41) is 3.03. The van der Waals surface area contributed by atoms with E-state index in [0.717, 1.165) is 5.56 Å². The molecule has 0 spiro atoms. The molecule has 11 heavy (non-hydrogen) atoms. The second kappa shape index (κ2) is 4.18. The average Bonchev–Trinajstić information content (AvgIpc) is 2.52. The van der Waals surface area contributed by atoms with Gasteiger partial charge in [0.25, 0.3) is 0 Å². The van der Waals surface area contributed by atoms with Gasteiger partial charge in [-0.25, -0.2) is 0 Å². The molecule has 1 aromatic rings. The molecule has 0 fully saturated rings. The van der Waals surface area contributed by atoms with Gasteiger partial charge in [0.15, 0.2) is 0 Å². The molecule has 0 saturated heterocycles. The first kappa shape index (κ1) is 8.33. The lowest BCUT2D eigenvalue weighted by atomic mass is 10.3. The highest BCUT2D eigenvalue weighted by molar-refractivity contribution is 9.09. The van der Waals surface area contributed by atoms with E-state index in [4.69, 9.17) is 4.42 Å². The summed E-state index contributed by atoms with van der Waals surface area (Å²) in [4.78, 5) is 10.7. The van der Waals surface area contributed by atoms with E-state index >= 15 is 0 Å². The predicted octanol–water partition coefficient (Wildman–Crippen LogP) is 1.29. The number of alkyl halides is 1. The lowest BCUT2D eigenvalue weighted by molar-refractivity contribution is -0.118. The number of amides is 1. The minimum Gasteiger partial charge on any atom is -0.472 e. The molecule has 0 unspecified atom stereocenters. The van der Waals surface area contributed by atoms with Crippen molar-refractivity contribution in [3.8, 4) is 0 Å². The van der Waals surface area contributed by atoms with E-state index in [9.17, 15) is 4.79 Å². The molecule has 1 rings (SSSR count). The first-order valence-corrected chi connectivity index (χ1v) is 4.29. The Labute approximate surface area is 72.9 Å². The molecule has 0 radical (unpaired) electrons. The zero-order chi connectivity index (χ0) is 8.10. The van der Waals surface area contributed by atoms with Crippen LogP contribution in [0.3, 0.4) is 0 Å². The number of rotatable bonds is 3. The Balaban J connectivity index is 2.29. The van der Waals surface area contributed by atoms with Crippen molar-refractivity contribution in [1.29, 1.82) is 0 Å². The topological polar surface area (TPSA) is 42.2 Å². The number of hydrogen-bond donors (Lipinski definition) is 1. The predicted molar refractivity (Wildman–Crippen MR) is 44.3 cm³/mol. The summed E-state index contributed by atoms with van der Waals surface area (Å²) >= 11 is 3.04. The van der Waals surface area contributed by atoms with Gasteiger partial charge in [0.2, 0.25) is 5.91 Å². The van der Waals surface area contributed by atoms with Gasteiger partial charge in [-0.2, -0.15) is 0 Å². The van der Waals surface area contributed by atoms with Gasteiger partial charge in [0.1, 0.15) is 0 Å². The third-order valence-electron chi connectivity index (χ3n) is 1.19. The summed E-state index contributed by atoms with van der Waals surface area (Å²) in [7, 11) is 0. The maximum absolute atomic E-state index is 10.7. The van der Waals surface area contributed by atoms with Crippen molar-refractivity contribution < 1.29 is 9.21 Å². The van der Waals surface area contributed by atoms with E-state index in [0.29, 0.717) is 11.9 Å². The highest BCUT2D eigenvalue weighted by atomic mass is 79.9. The Kier molecular flexibility index (Phi) is 3.16. The van der Waals surface area contributed by atoms with Crippen molar-refractivity contribution in [3.05, 3.63) is 24.2 Å². The van der Waals surface area contributed by atoms with E-state index in [1.807, 2.05) is 6.07 Å². The lowest BCUT2D eigenvalue weighted by Crippen LogP contribution is -2.23. The van der Waals surface area contributed by atoms with Crippen molar-refractivity contribution in [3.63, 3.8) is 0 Å². The summed E-state index contributed by atoms with van der Waals surface area (Å²) in [6, 6.07) is 1.81. The van der Waals surface area contributed by atoms with Crippen LogP contribution in [0.15, 0.2) is 23.0 Å². The average molecular weight is 218 g/mol. The fraction of sp³-hybridized carbons (Fsp3) is 0.286. The molecular formula is C7H8BrNO2. The van der Waals surface area contributed by atoms with Crippen LogP contribution in [0.4, 0.5) is 0 Å². The Morgan fingerprint density at radius 3 is 3.09 bits per heavy atom. The van der Waals surface area contributed by atoms with E-state index in [2.05, 4.69) is 21.2 Å².